The zero-order valence-electron chi connectivity index (χ0n) is 16.1. The molecular weight excluding hydrogens is 376 g/mol. The van der Waals surface area contributed by atoms with E-state index in [1.807, 2.05) is 18.2 Å². The average Bonchev–Trinajstić information content (AvgIpc) is 2.66. The molecule has 1 aromatic heterocycles. The number of fused-ring (bicyclic) bond motifs is 2. The number of pyridine rings is 1. The first-order chi connectivity index (χ1) is 13.3. The number of nitrogens with one attached hydrogen (secondary N) is 1. The number of anilines is 2. The zero-order chi connectivity index (χ0) is 19.9. The zero-order valence-corrected chi connectivity index (χ0v) is 16.9. The van der Waals surface area contributed by atoms with Gasteiger partial charge >= 0.3 is 0 Å². The largest absolute Gasteiger partial charge is 0.374 e. The van der Waals surface area contributed by atoms with Crippen LogP contribution >= 0.6 is 0 Å². The van der Waals surface area contributed by atoms with Crippen molar-refractivity contribution in [1.29, 1.82) is 0 Å². The quantitative estimate of drug-likeness (QED) is 0.853. The highest BCUT2D eigenvalue weighted by molar-refractivity contribution is 7.88. The van der Waals surface area contributed by atoms with Gasteiger partial charge in [0.1, 0.15) is 0 Å². The highest BCUT2D eigenvalue weighted by Crippen LogP contribution is 2.29. The summed E-state index contributed by atoms with van der Waals surface area (Å²) in [7, 11) is -1.18. The van der Waals surface area contributed by atoms with E-state index in [4.69, 9.17) is 0 Å². The Morgan fingerprint density at radius 3 is 2.75 bits per heavy atom. The number of rotatable bonds is 3. The molecule has 28 heavy (non-hydrogen) atoms. The van der Waals surface area contributed by atoms with Crippen LogP contribution in [0.4, 0.5) is 11.4 Å². The fourth-order valence-electron chi connectivity index (χ4n) is 4.01. The lowest BCUT2D eigenvalue weighted by Crippen LogP contribution is -2.36. The van der Waals surface area contributed by atoms with Gasteiger partial charge in [-0.2, -0.15) is 4.31 Å². The smallest absolute Gasteiger partial charge is 0.257 e. The summed E-state index contributed by atoms with van der Waals surface area (Å²) in [5.74, 6) is -0.207. The van der Waals surface area contributed by atoms with Crippen LogP contribution in [0.2, 0.25) is 0 Å². The third kappa shape index (κ3) is 3.62. The van der Waals surface area contributed by atoms with Crippen molar-refractivity contribution in [2.45, 2.75) is 25.8 Å². The van der Waals surface area contributed by atoms with Crippen LogP contribution < -0.4 is 10.2 Å². The lowest BCUT2D eigenvalue weighted by Gasteiger charge is -2.28. The van der Waals surface area contributed by atoms with Crippen molar-refractivity contribution in [3.63, 3.8) is 0 Å². The molecule has 3 heterocycles. The van der Waals surface area contributed by atoms with Gasteiger partial charge in [0.25, 0.3) is 5.91 Å². The van der Waals surface area contributed by atoms with E-state index < -0.39 is 10.0 Å². The Hall–Kier alpha value is -2.45. The van der Waals surface area contributed by atoms with Crippen LogP contribution in [0.25, 0.3) is 0 Å². The van der Waals surface area contributed by atoms with Crippen molar-refractivity contribution in [2.75, 3.05) is 36.6 Å². The van der Waals surface area contributed by atoms with Crippen molar-refractivity contribution >= 4 is 27.3 Å². The third-order valence-corrected chi connectivity index (χ3v) is 6.76. The molecule has 1 N–H and O–H groups in total. The van der Waals surface area contributed by atoms with Crippen LogP contribution in [0.1, 0.15) is 33.5 Å². The topological polar surface area (TPSA) is 82.6 Å². The molecule has 0 saturated heterocycles. The highest BCUT2D eigenvalue weighted by Gasteiger charge is 2.26. The van der Waals surface area contributed by atoms with Crippen LogP contribution in [-0.4, -0.2) is 50.0 Å². The Balaban J connectivity index is 1.57. The maximum atomic E-state index is 12.9. The molecule has 2 aromatic rings. The van der Waals surface area contributed by atoms with E-state index in [1.165, 1.54) is 21.8 Å². The van der Waals surface area contributed by atoms with Gasteiger partial charge in [0.2, 0.25) is 10.0 Å². The molecule has 0 saturated carbocycles. The molecule has 0 spiro atoms. The number of benzene rings is 1. The van der Waals surface area contributed by atoms with E-state index in [-0.39, 0.29) is 12.5 Å². The van der Waals surface area contributed by atoms with Gasteiger partial charge in [0.15, 0.2) is 0 Å². The van der Waals surface area contributed by atoms with E-state index in [0.29, 0.717) is 18.5 Å². The Bertz CT molecular complexity index is 1040. The van der Waals surface area contributed by atoms with Gasteiger partial charge in [-0.05, 0) is 54.2 Å². The number of carbonyl (C=O) groups excluding carboxylic acids is 1. The molecule has 7 nitrogen and oxygen atoms in total. The number of aromatic nitrogens is 1. The lowest BCUT2D eigenvalue weighted by molar-refractivity contribution is 0.102. The van der Waals surface area contributed by atoms with Crippen LogP contribution in [0.3, 0.4) is 0 Å². The molecule has 0 aliphatic carbocycles. The predicted octanol–water partition coefficient (Wildman–Crippen LogP) is 2.03. The van der Waals surface area contributed by atoms with Gasteiger partial charge in [-0.3, -0.25) is 9.78 Å². The van der Waals surface area contributed by atoms with Crippen LogP contribution in [0.5, 0.6) is 0 Å². The molecule has 2 aliphatic rings. The van der Waals surface area contributed by atoms with Crippen LogP contribution in [0, 0.1) is 0 Å². The highest BCUT2D eigenvalue weighted by atomic mass is 32.2. The second kappa shape index (κ2) is 7.18. The first-order valence-corrected chi connectivity index (χ1v) is 11.2. The second-order valence-corrected chi connectivity index (χ2v) is 9.48. The minimum atomic E-state index is -3.26. The summed E-state index contributed by atoms with van der Waals surface area (Å²) in [6.45, 7) is 1.68. The Morgan fingerprint density at radius 2 is 1.96 bits per heavy atom. The number of hydrogen-bond donors (Lipinski definition) is 1. The molecule has 0 fully saturated rings. The summed E-state index contributed by atoms with van der Waals surface area (Å²) in [6.07, 6.45) is 7.04. The summed E-state index contributed by atoms with van der Waals surface area (Å²) >= 11 is 0. The minimum Gasteiger partial charge on any atom is -0.374 e. The average molecular weight is 401 g/mol. The van der Waals surface area contributed by atoms with Gasteiger partial charge in [-0.15, -0.1) is 0 Å². The summed E-state index contributed by atoms with van der Waals surface area (Å²) in [5, 5.41) is 2.99. The fraction of sp³-hybridized carbons (Fsp3) is 0.400. The van der Waals surface area contributed by atoms with E-state index in [9.17, 15) is 13.2 Å². The fourth-order valence-corrected chi connectivity index (χ4v) is 4.80. The maximum absolute atomic E-state index is 12.9. The van der Waals surface area contributed by atoms with E-state index in [0.717, 1.165) is 36.2 Å². The first-order valence-electron chi connectivity index (χ1n) is 9.39. The van der Waals surface area contributed by atoms with Gasteiger partial charge in [-0.25, -0.2) is 8.42 Å². The Morgan fingerprint density at radius 1 is 1.14 bits per heavy atom. The van der Waals surface area contributed by atoms with Gasteiger partial charge < -0.3 is 10.2 Å². The number of carbonyl (C=O) groups is 1. The molecule has 0 bridgehead atoms. The summed E-state index contributed by atoms with van der Waals surface area (Å²) in [4.78, 5) is 19.3. The number of amides is 1. The van der Waals surface area contributed by atoms with Crippen molar-refractivity contribution < 1.29 is 13.2 Å². The number of hydrogen-bond acceptors (Lipinski definition) is 5. The molecule has 1 amide bonds. The summed E-state index contributed by atoms with van der Waals surface area (Å²) < 4.78 is 25.1. The second-order valence-electron chi connectivity index (χ2n) is 7.49. The molecule has 8 heteroatoms. The Labute approximate surface area is 165 Å². The van der Waals surface area contributed by atoms with E-state index in [2.05, 4.69) is 22.2 Å². The number of aryl methyl sites for hydroxylation is 1. The van der Waals surface area contributed by atoms with Gasteiger partial charge in [0, 0.05) is 50.5 Å². The SMILES string of the molecule is CN1CCCc2cc(NC(=O)c3cncc4c3CCN(S(C)(=O)=O)C4)ccc21. The molecule has 1 aromatic carbocycles. The minimum absolute atomic E-state index is 0.207. The number of nitrogens with zero attached hydrogens (tertiary/aromatic N) is 3. The molecule has 2 aliphatic heterocycles. The van der Waals surface area contributed by atoms with Gasteiger partial charge in [0.05, 0.1) is 11.8 Å². The van der Waals surface area contributed by atoms with Crippen LogP contribution in [0.15, 0.2) is 30.6 Å². The summed E-state index contributed by atoms with van der Waals surface area (Å²) in [5.41, 5.74) is 5.40. The molecule has 148 valence electrons. The van der Waals surface area contributed by atoms with Crippen molar-refractivity contribution in [2.24, 2.45) is 0 Å². The number of sulfonamides is 1. The maximum Gasteiger partial charge on any atom is 0.257 e. The molecular formula is C20H24N4O3S. The Kier molecular flexibility index (Phi) is 4.84. The van der Waals surface area contributed by atoms with Crippen molar-refractivity contribution in [3.8, 4) is 0 Å². The molecule has 0 radical (unpaired) electrons. The van der Waals surface area contributed by atoms with E-state index in [1.54, 1.807) is 12.4 Å². The lowest BCUT2D eigenvalue weighted by atomic mass is 9.97. The molecule has 4 rings (SSSR count). The predicted molar refractivity (Wildman–Crippen MR) is 109 cm³/mol. The first kappa shape index (κ1) is 18.9. The molecule has 0 unspecified atom stereocenters. The van der Waals surface area contributed by atoms with E-state index >= 15 is 0 Å². The normalized spacial score (nSPS) is 17.0. The van der Waals surface area contributed by atoms with Crippen molar-refractivity contribution in [3.05, 3.63) is 52.8 Å². The standard InChI is InChI=1S/C20H24N4O3S/c1-23-8-3-4-14-10-16(5-6-19(14)23)22-20(25)18-12-21-11-15-13-24(28(2,26)27)9-7-17(15)18/h5-6,10-12H,3-4,7-9,13H2,1-2H3,(H,22,25). The third-order valence-electron chi connectivity index (χ3n) is 5.51. The van der Waals surface area contributed by atoms with Crippen molar-refractivity contribution in [1.82, 2.24) is 9.29 Å². The van der Waals surface area contributed by atoms with Gasteiger partial charge in [-0.1, -0.05) is 0 Å². The molecule has 0 atom stereocenters. The monoisotopic (exact) mass is 400 g/mol. The summed E-state index contributed by atoms with van der Waals surface area (Å²) in [6, 6.07) is 6.01. The van der Waals surface area contributed by atoms with Crippen LogP contribution in [-0.2, 0) is 29.4 Å².